The summed E-state index contributed by atoms with van der Waals surface area (Å²) < 4.78 is 24.7. The van der Waals surface area contributed by atoms with Crippen LogP contribution in [0, 0.1) is 0 Å². The molecule has 12 heteroatoms. The van der Waals surface area contributed by atoms with Crippen LogP contribution < -0.4 is 22.2 Å². The molecule has 1 amide bonds. The van der Waals surface area contributed by atoms with E-state index in [4.69, 9.17) is 11.5 Å². The third kappa shape index (κ3) is 4.87. The minimum Gasteiger partial charge on any atom is -0.384 e. The van der Waals surface area contributed by atoms with Crippen LogP contribution in [0.15, 0.2) is 35.3 Å². The number of nitrogens with zero attached hydrogens (tertiary/aromatic N) is 4. The SMILES string of the molecule is CCn1c(N)c(C(N)=O)c(=O)c2cnc(Nc3ccc(CCN4CCS(=O)(=O)CC4)cc3)nc21. The van der Waals surface area contributed by atoms with Gasteiger partial charge in [-0.25, -0.2) is 13.4 Å². The van der Waals surface area contributed by atoms with Gasteiger partial charge in [0.25, 0.3) is 5.91 Å². The second-order valence-electron chi connectivity index (χ2n) is 8.19. The lowest BCUT2D eigenvalue weighted by Gasteiger charge is -2.26. The predicted molar refractivity (Wildman–Crippen MR) is 131 cm³/mol. The summed E-state index contributed by atoms with van der Waals surface area (Å²) in [6.07, 6.45) is 2.18. The minimum absolute atomic E-state index is 0.0205. The molecule has 1 saturated heterocycles. The van der Waals surface area contributed by atoms with Gasteiger partial charge in [-0.05, 0) is 31.0 Å². The average molecular weight is 486 g/mol. The van der Waals surface area contributed by atoms with Crippen LogP contribution in [0.3, 0.4) is 0 Å². The van der Waals surface area contributed by atoms with Crippen LogP contribution in [-0.4, -0.2) is 64.9 Å². The summed E-state index contributed by atoms with van der Waals surface area (Å²) >= 11 is 0. The Morgan fingerprint density at radius 1 is 1.18 bits per heavy atom. The van der Waals surface area contributed by atoms with E-state index in [1.165, 1.54) is 6.20 Å². The summed E-state index contributed by atoms with van der Waals surface area (Å²) in [5.41, 5.74) is 12.7. The first-order valence-electron chi connectivity index (χ1n) is 11.0. The zero-order chi connectivity index (χ0) is 24.5. The van der Waals surface area contributed by atoms with Crippen LogP contribution in [0.25, 0.3) is 11.0 Å². The number of nitrogens with one attached hydrogen (secondary N) is 1. The number of fused-ring (bicyclic) bond motifs is 1. The van der Waals surface area contributed by atoms with Crippen LogP contribution >= 0.6 is 0 Å². The van der Waals surface area contributed by atoms with Gasteiger partial charge < -0.3 is 26.3 Å². The number of hydrogen-bond donors (Lipinski definition) is 3. The molecule has 5 N–H and O–H groups in total. The van der Waals surface area contributed by atoms with Crippen molar-refractivity contribution in [3.05, 3.63) is 51.8 Å². The van der Waals surface area contributed by atoms with E-state index in [1.807, 2.05) is 31.2 Å². The Labute approximate surface area is 196 Å². The molecule has 1 aromatic carbocycles. The standard InChI is InChI=1S/C22H27N7O4S/c1-2-29-19(23)17(20(24)31)18(30)16-13-25-22(27-21(16)29)26-15-5-3-14(4-6-15)7-8-28-9-11-34(32,33)12-10-28/h3-6,13H,2,7-12,23H2,1H3,(H2,24,31)(H,25,26,27). The highest BCUT2D eigenvalue weighted by Gasteiger charge is 2.21. The lowest BCUT2D eigenvalue weighted by molar-refractivity contribution is 0.0999. The maximum absolute atomic E-state index is 12.6. The second-order valence-corrected chi connectivity index (χ2v) is 10.5. The number of rotatable bonds is 7. The van der Waals surface area contributed by atoms with E-state index in [-0.39, 0.29) is 34.2 Å². The lowest BCUT2D eigenvalue weighted by atomic mass is 10.1. The quantitative estimate of drug-likeness (QED) is 0.432. The number of sulfone groups is 1. The predicted octanol–water partition coefficient (Wildman–Crippen LogP) is 0.509. The van der Waals surface area contributed by atoms with Gasteiger partial charge in [0, 0.05) is 38.1 Å². The van der Waals surface area contributed by atoms with Gasteiger partial charge in [-0.3, -0.25) is 9.59 Å². The van der Waals surface area contributed by atoms with Gasteiger partial charge in [-0.2, -0.15) is 4.98 Å². The normalized spacial score (nSPS) is 15.9. The van der Waals surface area contributed by atoms with Crippen molar-refractivity contribution in [2.45, 2.75) is 19.9 Å². The molecule has 0 spiro atoms. The number of anilines is 3. The van der Waals surface area contributed by atoms with E-state index in [9.17, 15) is 18.0 Å². The molecule has 1 aliphatic rings. The van der Waals surface area contributed by atoms with E-state index >= 15 is 0 Å². The summed E-state index contributed by atoms with van der Waals surface area (Å²) in [5.74, 6) is -0.180. The minimum atomic E-state index is -2.87. The van der Waals surface area contributed by atoms with Gasteiger partial charge in [0.1, 0.15) is 11.4 Å². The first kappa shape index (κ1) is 23.6. The molecule has 0 radical (unpaired) electrons. The molecule has 0 unspecified atom stereocenters. The molecule has 3 aromatic rings. The molecular formula is C22H27N7O4S. The third-order valence-corrected chi connectivity index (χ3v) is 7.58. The number of pyridine rings is 1. The average Bonchev–Trinajstić information content (AvgIpc) is 2.79. The third-order valence-electron chi connectivity index (χ3n) is 5.97. The fraction of sp³-hybridized carbons (Fsp3) is 0.364. The fourth-order valence-electron chi connectivity index (χ4n) is 4.00. The van der Waals surface area contributed by atoms with E-state index in [0.717, 1.165) is 24.2 Å². The Hall–Kier alpha value is -3.51. The summed E-state index contributed by atoms with van der Waals surface area (Å²) in [5, 5.41) is 3.28. The molecule has 4 rings (SSSR count). The highest BCUT2D eigenvalue weighted by atomic mass is 32.2. The summed E-state index contributed by atoms with van der Waals surface area (Å²) in [4.78, 5) is 35.2. The molecular weight excluding hydrogens is 458 g/mol. The van der Waals surface area contributed by atoms with Gasteiger partial charge >= 0.3 is 0 Å². The molecule has 2 aromatic heterocycles. The Morgan fingerprint density at radius 2 is 1.85 bits per heavy atom. The maximum Gasteiger partial charge on any atom is 0.256 e. The van der Waals surface area contributed by atoms with Gasteiger partial charge in [-0.15, -0.1) is 0 Å². The highest BCUT2D eigenvalue weighted by molar-refractivity contribution is 7.91. The van der Waals surface area contributed by atoms with Crippen molar-refractivity contribution >= 4 is 44.2 Å². The van der Waals surface area contributed by atoms with Crippen molar-refractivity contribution in [3.63, 3.8) is 0 Å². The van der Waals surface area contributed by atoms with Crippen LogP contribution in [0.4, 0.5) is 17.5 Å². The van der Waals surface area contributed by atoms with E-state index in [2.05, 4.69) is 20.2 Å². The van der Waals surface area contributed by atoms with Crippen molar-refractivity contribution in [1.82, 2.24) is 19.4 Å². The smallest absolute Gasteiger partial charge is 0.256 e. The van der Waals surface area contributed by atoms with Gasteiger partial charge in [0.05, 0.1) is 16.9 Å². The van der Waals surface area contributed by atoms with Crippen molar-refractivity contribution in [2.75, 3.05) is 42.2 Å². The summed E-state index contributed by atoms with van der Waals surface area (Å²) in [6.45, 7) is 4.17. The number of nitrogen functional groups attached to an aromatic ring is 1. The Morgan fingerprint density at radius 3 is 2.47 bits per heavy atom. The zero-order valence-corrected chi connectivity index (χ0v) is 19.6. The van der Waals surface area contributed by atoms with Crippen molar-refractivity contribution in [2.24, 2.45) is 5.73 Å². The number of benzene rings is 1. The number of amides is 1. The molecule has 11 nitrogen and oxygen atoms in total. The number of carbonyl (C=O) groups is 1. The number of nitrogens with two attached hydrogens (primary N) is 2. The number of hydrogen-bond acceptors (Lipinski definition) is 9. The topological polar surface area (TPSA) is 166 Å². The summed E-state index contributed by atoms with van der Waals surface area (Å²) in [6, 6.07) is 7.79. The fourth-order valence-corrected chi connectivity index (χ4v) is 5.28. The number of primary amides is 1. The van der Waals surface area contributed by atoms with Crippen molar-refractivity contribution in [1.29, 1.82) is 0 Å². The molecule has 0 saturated carbocycles. The van der Waals surface area contributed by atoms with Crippen LogP contribution in [-0.2, 0) is 22.8 Å². The van der Waals surface area contributed by atoms with Gasteiger partial charge in [-0.1, -0.05) is 12.1 Å². The first-order valence-corrected chi connectivity index (χ1v) is 12.8. The zero-order valence-electron chi connectivity index (χ0n) is 18.8. The van der Waals surface area contributed by atoms with E-state index in [0.29, 0.717) is 25.3 Å². The summed E-state index contributed by atoms with van der Waals surface area (Å²) in [7, 11) is -2.87. The Bertz CT molecular complexity index is 1390. The maximum atomic E-state index is 12.6. The van der Waals surface area contributed by atoms with Crippen LogP contribution in [0.2, 0.25) is 0 Å². The largest absolute Gasteiger partial charge is 0.384 e. The molecule has 1 aliphatic heterocycles. The van der Waals surface area contributed by atoms with Crippen LogP contribution in [0.5, 0.6) is 0 Å². The monoisotopic (exact) mass is 485 g/mol. The van der Waals surface area contributed by atoms with E-state index < -0.39 is 21.2 Å². The lowest BCUT2D eigenvalue weighted by Crippen LogP contribution is -2.41. The number of carbonyl (C=O) groups excluding carboxylic acids is 1. The molecule has 0 atom stereocenters. The van der Waals surface area contributed by atoms with Crippen molar-refractivity contribution in [3.8, 4) is 0 Å². The molecule has 0 bridgehead atoms. The van der Waals surface area contributed by atoms with Gasteiger partial charge in [0.15, 0.2) is 15.5 Å². The number of aryl methyl sites for hydroxylation is 1. The molecule has 1 fully saturated rings. The molecule has 0 aliphatic carbocycles. The number of aromatic nitrogens is 3. The molecule has 34 heavy (non-hydrogen) atoms. The Kier molecular flexibility index (Phi) is 6.53. The van der Waals surface area contributed by atoms with Crippen molar-refractivity contribution < 1.29 is 13.2 Å². The molecule has 180 valence electrons. The Balaban J connectivity index is 1.49. The highest BCUT2D eigenvalue weighted by Crippen LogP contribution is 2.20. The molecule has 3 heterocycles. The van der Waals surface area contributed by atoms with E-state index in [1.54, 1.807) is 4.57 Å². The van der Waals surface area contributed by atoms with Gasteiger partial charge in [0.2, 0.25) is 11.4 Å². The van der Waals surface area contributed by atoms with Crippen LogP contribution in [0.1, 0.15) is 22.8 Å². The first-order chi connectivity index (χ1) is 16.2. The second kappa shape index (κ2) is 9.39.